The second kappa shape index (κ2) is 6.95. The normalized spacial score (nSPS) is 22.4. The highest BCUT2D eigenvalue weighted by Gasteiger charge is 2.28. The molecule has 0 spiro atoms. The molecule has 0 bridgehead atoms. The zero-order valence-corrected chi connectivity index (χ0v) is 12.6. The van der Waals surface area contributed by atoms with Gasteiger partial charge < -0.3 is 14.6 Å². The van der Waals surface area contributed by atoms with Crippen molar-refractivity contribution in [3.05, 3.63) is 23.8 Å². The molecular formula is C16H25NO3. The van der Waals surface area contributed by atoms with Crippen molar-refractivity contribution in [3.8, 4) is 11.5 Å². The lowest BCUT2D eigenvalue weighted by Crippen LogP contribution is -2.36. The Kier molecular flexibility index (Phi) is 5.26. The largest absolute Gasteiger partial charge is 0.507 e. The quantitative estimate of drug-likeness (QED) is 0.869. The van der Waals surface area contributed by atoms with Crippen LogP contribution in [0.5, 0.6) is 11.5 Å². The molecule has 1 aliphatic rings. The molecule has 1 aromatic rings. The van der Waals surface area contributed by atoms with E-state index in [0.717, 1.165) is 37.3 Å². The van der Waals surface area contributed by atoms with Gasteiger partial charge in [0.1, 0.15) is 11.5 Å². The van der Waals surface area contributed by atoms with Gasteiger partial charge in [-0.2, -0.15) is 0 Å². The standard InChI is InChI=1S/C16H25NO3/c1-4-8-20-14-6-5-13(16(18)10-14)11-17(3)15-7-9-19-12(15)2/h5-6,10,12,15,18H,4,7-9,11H2,1-3H3. The summed E-state index contributed by atoms with van der Waals surface area (Å²) >= 11 is 0. The van der Waals surface area contributed by atoms with Crippen molar-refractivity contribution in [2.75, 3.05) is 20.3 Å². The number of rotatable bonds is 6. The van der Waals surface area contributed by atoms with E-state index in [4.69, 9.17) is 9.47 Å². The maximum absolute atomic E-state index is 10.1. The number of phenols is 1. The number of aromatic hydroxyl groups is 1. The minimum absolute atomic E-state index is 0.259. The number of benzene rings is 1. The summed E-state index contributed by atoms with van der Waals surface area (Å²) in [6, 6.07) is 5.99. The molecule has 1 heterocycles. The second-order valence-electron chi connectivity index (χ2n) is 5.49. The van der Waals surface area contributed by atoms with Crippen molar-refractivity contribution in [2.45, 2.75) is 45.4 Å². The van der Waals surface area contributed by atoms with Gasteiger partial charge in [-0.1, -0.05) is 13.0 Å². The SMILES string of the molecule is CCCOc1ccc(CN(C)C2CCOC2C)c(O)c1. The Morgan fingerprint density at radius 1 is 1.45 bits per heavy atom. The van der Waals surface area contributed by atoms with Crippen molar-refractivity contribution in [2.24, 2.45) is 0 Å². The molecule has 20 heavy (non-hydrogen) atoms. The average molecular weight is 279 g/mol. The molecule has 2 unspecified atom stereocenters. The molecule has 0 radical (unpaired) electrons. The second-order valence-corrected chi connectivity index (χ2v) is 5.49. The predicted octanol–water partition coefficient (Wildman–Crippen LogP) is 2.79. The Bertz CT molecular complexity index is 436. The molecule has 2 rings (SSSR count). The van der Waals surface area contributed by atoms with Gasteiger partial charge in [0, 0.05) is 30.8 Å². The molecule has 1 aliphatic heterocycles. The van der Waals surface area contributed by atoms with E-state index in [0.29, 0.717) is 18.4 Å². The molecule has 1 aromatic carbocycles. The third-order valence-electron chi connectivity index (χ3n) is 3.85. The van der Waals surface area contributed by atoms with Crippen LogP contribution in [0.4, 0.5) is 0 Å². The summed E-state index contributed by atoms with van der Waals surface area (Å²) in [6.07, 6.45) is 2.27. The van der Waals surface area contributed by atoms with Gasteiger partial charge in [0.15, 0.2) is 0 Å². The monoisotopic (exact) mass is 279 g/mol. The molecule has 1 N–H and O–H groups in total. The molecule has 0 aliphatic carbocycles. The fourth-order valence-electron chi connectivity index (χ4n) is 2.67. The molecular weight excluding hydrogens is 254 g/mol. The zero-order valence-electron chi connectivity index (χ0n) is 12.6. The topological polar surface area (TPSA) is 41.9 Å². The summed E-state index contributed by atoms with van der Waals surface area (Å²) in [6.45, 7) is 6.39. The smallest absolute Gasteiger partial charge is 0.123 e. The Morgan fingerprint density at radius 3 is 2.85 bits per heavy atom. The number of hydrogen-bond donors (Lipinski definition) is 1. The van der Waals surface area contributed by atoms with Gasteiger partial charge in [0.05, 0.1) is 12.7 Å². The van der Waals surface area contributed by atoms with E-state index in [1.807, 2.05) is 12.1 Å². The highest BCUT2D eigenvalue weighted by molar-refractivity contribution is 5.39. The van der Waals surface area contributed by atoms with E-state index >= 15 is 0 Å². The summed E-state index contributed by atoms with van der Waals surface area (Å²) in [5.41, 5.74) is 0.926. The number of hydrogen-bond acceptors (Lipinski definition) is 4. The Labute approximate surface area is 121 Å². The lowest BCUT2D eigenvalue weighted by atomic mass is 10.1. The van der Waals surface area contributed by atoms with Gasteiger partial charge >= 0.3 is 0 Å². The summed E-state index contributed by atoms with van der Waals surface area (Å²) in [7, 11) is 2.08. The van der Waals surface area contributed by atoms with Crippen molar-refractivity contribution >= 4 is 0 Å². The van der Waals surface area contributed by atoms with Crippen LogP contribution in [0, 0.1) is 0 Å². The fraction of sp³-hybridized carbons (Fsp3) is 0.625. The van der Waals surface area contributed by atoms with E-state index in [9.17, 15) is 5.11 Å². The Balaban J connectivity index is 1.98. The average Bonchev–Trinajstić information content (AvgIpc) is 2.85. The first-order chi connectivity index (χ1) is 9.61. The molecule has 0 aromatic heterocycles. The first-order valence-corrected chi connectivity index (χ1v) is 7.38. The van der Waals surface area contributed by atoms with Crippen molar-refractivity contribution in [1.29, 1.82) is 0 Å². The minimum Gasteiger partial charge on any atom is -0.507 e. The lowest BCUT2D eigenvalue weighted by Gasteiger charge is -2.26. The van der Waals surface area contributed by atoms with E-state index in [-0.39, 0.29) is 6.10 Å². The maximum Gasteiger partial charge on any atom is 0.123 e. The summed E-state index contributed by atoms with van der Waals surface area (Å²) < 4.78 is 11.1. The van der Waals surface area contributed by atoms with E-state index in [1.165, 1.54) is 0 Å². The zero-order chi connectivity index (χ0) is 14.5. The maximum atomic E-state index is 10.1. The van der Waals surface area contributed by atoms with Gasteiger partial charge in [-0.15, -0.1) is 0 Å². The molecule has 1 saturated heterocycles. The number of ether oxygens (including phenoxy) is 2. The van der Waals surface area contributed by atoms with Gasteiger partial charge in [-0.3, -0.25) is 4.90 Å². The Morgan fingerprint density at radius 2 is 2.25 bits per heavy atom. The summed E-state index contributed by atoms with van der Waals surface area (Å²) in [5, 5.41) is 10.1. The third-order valence-corrected chi connectivity index (χ3v) is 3.85. The summed E-state index contributed by atoms with van der Waals surface area (Å²) in [5.74, 6) is 1.03. The van der Waals surface area contributed by atoms with Crippen LogP contribution in [0.3, 0.4) is 0 Å². The van der Waals surface area contributed by atoms with Crippen LogP contribution in [0.15, 0.2) is 18.2 Å². The molecule has 4 heteroatoms. The van der Waals surface area contributed by atoms with Crippen LogP contribution in [0.2, 0.25) is 0 Å². The highest BCUT2D eigenvalue weighted by Crippen LogP contribution is 2.27. The molecule has 4 nitrogen and oxygen atoms in total. The van der Waals surface area contributed by atoms with E-state index in [1.54, 1.807) is 6.07 Å². The van der Waals surface area contributed by atoms with Gasteiger partial charge in [-0.05, 0) is 32.9 Å². The minimum atomic E-state index is 0.259. The number of phenolic OH excluding ortho intramolecular Hbond substituents is 1. The van der Waals surface area contributed by atoms with Crippen LogP contribution in [0.25, 0.3) is 0 Å². The van der Waals surface area contributed by atoms with Crippen molar-refractivity contribution in [3.63, 3.8) is 0 Å². The highest BCUT2D eigenvalue weighted by atomic mass is 16.5. The van der Waals surface area contributed by atoms with Crippen molar-refractivity contribution < 1.29 is 14.6 Å². The first kappa shape index (κ1) is 15.1. The van der Waals surface area contributed by atoms with Gasteiger partial charge in [-0.25, -0.2) is 0 Å². The van der Waals surface area contributed by atoms with Crippen LogP contribution >= 0.6 is 0 Å². The fourth-order valence-corrected chi connectivity index (χ4v) is 2.67. The van der Waals surface area contributed by atoms with Crippen LogP contribution in [0.1, 0.15) is 32.3 Å². The summed E-state index contributed by atoms with van der Waals surface area (Å²) in [4.78, 5) is 2.25. The van der Waals surface area contributed by atoms with E-state index in [2.05, 4.69) is 25.8 Å². The van der Waals surface area contributed by atoms with Crippen LogP contribution in [-0.2, 0) is 11.3 Å². The van der Waals surface area contributed by atoms with Gasteiger partial charge in [0.25, 0.3) is 0 Å². The molecule has 1 fully saturated rings. The molecule has 0 saturated carbocycles. The van der Waals surface area contributed by atoms with Crippen LogP contribution in [-0.4, -0.2) is 42.4 Å². The molecule has 2 atom stereocenters. The van der Waals surface area contributed by atoms with Crippen LogP contribution < -0.4 is 4.74 Å². The third kappa shape index (κ3) is 3.64. The van der Waals surface area contributed by atoms with E-state index < -0.39 is 0 Å². The number of nitrogens with zero attached hydrogens (tertiary/aromatic N) is 1. The molecule has 0 amide bonds. The van der Waals surface area contributed by atoms with Gasteiger partial charge in [0.2, 0.25) is 0 Å². The Hall–Kier alpha value is -1.26. The predicted molar refractivity (Wildman–Crippen MR) is 79.2 cm³/mol. The number of likely N-dealkylation sites (N-methyl/N-ethyl adjacent to an activating group) is 1. The first-order valence-electron chi connectivity index (χ1n) is 7.38. The lowest BCUT2D eigenvalue weighted by molar-refractivity contribution is 0.0811. The van der Waals surface area contributed by atoms with Crippen molar-refractivity contribution in [1.82, 2.24) is 4.90 Å². The molecule has 112 valence electrons.